The van der Waals surface area contributed by atoms with E-state index in [1.807, 2.05) is 79.7 Å². The van der Waals surface area contributed by atoms with Crippen molar-refractivity contribution in [3.05, 3.63) is 122 Å². The Morgan fingerprint density at radius 2 is 1.71 bits per heavy atom. The summed E-state index contributed by atoms with van der Waals surface area (Å²) < 4.78 is 0. The van der Waals surface area contributed by atoms with Gasteiger partial charge in [0.2, 0.25) is 0 Å². The lowest BCUT2D eigenvalue weighted by atomic mass is 9.82. The average Bonchev–Trinajstić information content (AvgIpc) is 2.84. The number of anilines is 1. The molecule has 4 rings (SSSR count). The number of nitrogens with one attached hydrogen (secondary N) is 2. The van der Waals surface area contributed by atoms with Crippen molar-refractivity contribution in [3.8, 4) is 6.07 Å². The minimum atomic E-state index is -0.601. The molecule has 34 heavy (non-hydrogen) atoms. The van der Waals surface area contributed by atoms with E-state index < -0.39 is 5.92 Å². The number of halogens is 2. The van der Waals surface area contributed by atoms with Gasteiger partial charge in [-0.3, -0.25) is 4.79 Å². The third kappa shape index (κ3) is 5.31. The van der Waals surface area contributed by atoms with Crippen LogP contribution in [0.3, 0.4) is 0 Å². The van der Waals surface area contributed by atoms with Crippen LogP contribution in [-0.2, 0) is 10.5 Å². The van der Waals surface area contributed by atoms with Gasteiger partial charge in [-0.25, -0.2) is 0 Å². The van der Waals surface area contributed by atoms with Gasteiger partial charge < -0.3 is 10.6 Å². The van der Waals surface area contributed by atoms with Gasteiger partial charge in [0.25, 0.3) is 5.91 Å². The van der Waals surface area contributed by atoms with E-state index in [1.165, 1.54) is 11.8 Å². The zero-order chi connectivity index (χ0) is 24.1. The first-order valence-electron chi connectivity index (χ1n) is 10.6. The number of nitriles is 1. The van der Waals surface area contributed by atoms with Crippen molar-refractivity contribution >= 4 is 46.6 Å². The van der Waals surface area contributed by atoms with Crippen molar-refractivity contribution in [1.29, 1.82) is 5.26 Å². The van der Waals surface area contributed by atoms with E-state index in [-0.39, 0.29) is 5.91 Å². The first-order chi connectivity index (χ1) is 16.5. The summed E-state index contributed by atoms with van der Waals surface area (Å²) in [5, 5.41) is 18.4. The number of nitrogens with zero attached hydrogens (tertiary/aromatic N) is 1. The van der Waals surface area contributed by atoms with Crippen LogP contribution in [0.25, 0.3) is 0 Å². The number of para-hydroxylation sites is 1. The van der Waals surface area contributed by atoms with Crippen LogP contribution in [-0.4, -0.2) is 5.91 Å². The largest absolute Gasteiger partial charge is 0.353 e. The van der Waals surface area contributed by atoms with Crippen molar-refractivity contribution in [2.24, 2.45) is 0 Å². The summed E-state index contributed by atoms with van der Waals surface area (Å²) in [4.78, 5) is 13.4. The summed E-state index contributed by atoms with van der Waals surface area (Å²) in [5.74, 6) is -0.245. The van der Waals surface area contributed by atoms with E-state index in [0.29, 0.717) is 48.9 Å². The summed E-state index contributed by atoms with van der Waals surface area (Å²) in [6.45, 7) is 1.85. The van der Waals surface area contributed by atoms with Crippen molar-refractivity contribution in [2.75, 3.05) is 5.32 Å². The molecule has 1 aliphatic heterocycles. The fraction of sp³-hybridized carbons (Fsp3) is 0.111. The van der Waals surface area contributed by atoms with Crippen LogP contribution in [0.2, 0.25) is 10.0 Å². The molecule has 0 radical (unpaired) electrons. The number of dihydropyridines is 1. The van der Waals surface area contributed by atoms with E-state index in [0.717, 1.165) is 5.56 Å². The lowest BCUT2D eigenvalue weighted by Crippen LogP contribution is -2.30. The summed E-state index contributed by atoms with van der Waals surface area (Å²) in [6, 6.07) is 26.5. The first kappa shape index (κ1) is 24.0. The van der Waals surface area contributed by atoms with E-state index in [9.17, 15) is 10.1 Å². The topological polar surface area (TPSA) is 64.9 Å². The van der Waals surface area contributed by atoms with Crippen LogP contribution in [0.15, 0.2) is 101 Å². The van der Waals surface area contributed by atoms with Crippen LogP contribution in [0.4, 0.5) is 5.69 Å². The lowest BCUT2D eigenvalue weighted by molar-refractivity contribution is -0.113. The average molecular weight is 506 g/mol. The highest BCUT2D eigenvalue weighted by Crippen LogP contribution is 2.43. The second kappa shape index (κ2) is 10.8. The maximum Gasteiger partial charge on any atom is 0.254 e. The van der Waals surface area contributed by atoms with Crippen LogP contribution in [0, 0.1) is 11.3 Å². The van der Waals surface area contributed by atoms with Gasteiger partial charge in [0.05, 0.1) is 22.6 Å². The van der Waals surface area contributed by atoms with Crippen molar-refractivity contribution in [2.45, 2.75) is 18.6 Å². The number of thioether (sulfide) groups is 1. The predicted octanol–water partition coefficient (Wildman–Crippen LogP) is 7.26. The molecule has 0 spiro atoms. The molecule has 0 unspecified atom stereocenters. The Labute approximate surface area is 213 Å². The summed E-state index contributed by atoms with van der Waals surface area (Å²) in [5.41, 5.74) is 4.06. The predicted molar refractivity (Wildman–Crippen MR) is 140 cm³/mol. The summed E-state index contributed by atoms with van der Waals surface area (Å²) in [7, 11) is 0. The molecule has 1 atom stereocenters. The number of allylic oxidation sites excluding steroid dienone is 2. The highest BCUT2D eigenvalue weighted by atomic mass is 35.5. The van der Waals surface area contributed by atoms with Crippen molar-refractivity contribution in [1.82, 2.24) is 5.32 Å². The molecule has 3 aromatic carbocycles. The molecule has 0 aromatic heterocycles. The van der Waals surface area contributed by atoms with Crippen LogP contribution in [0.1, 0.15) is 24.0 Å². The van der Waals surface area contributed by atoms with Gasteiger partial charge in [0.15, 0.2) is 0 Å². The van der Waals surface area contributed by atoms with Gasteiger partial charge >= 0.3 is 0 Å². The first-order valence-corrected chi connectivity index (χ1v) is 12.3. The van der Waals surface area contributed by atoms with Gasteiger partial charge in [-0.15, -0.1) is 11.8 Å². The Morgan fingerprint density at radius 1 is 1.03 bits per heavy atom. The molecular formula is C27H21Cl2N3OS. The number of amides is 1. The van der Waals surface area contributed by atoms with Crippen molar-refractivity contribution < 1.29 is 4.79 Å². The van der Waals surface area contributed by atoms with Gasteiger partial charge in [0.1, 0.15) is 0 Å². The molecule has 7 heteroatoms. The maximum absolute atomic E-state index is 13.4. The molecule has 1 aliphatic rings. The molecule has 170 valence electrons. The Morgan fingerprint density at radius 3 is 2.38 bits per heavy atom. The Bertz CT molecular complexity index is 1310. The number of hydrogen-bond acceptors (Lipinski definition) is 4. The summed E-state index contributed by atoms with van der Waals surface area (Å²) in [6.07, 6.45) is 0. The number of carbonyl (C=O) groups is 1. The Hall–Kier alpha value is -3.17. The van der Waals surface area contributed by atoms with Gasteiger partial charge in [-0.1, -0.05) is 71.7 Å². The highest BCUT2D eigenvalue weighted by molar-refractivity contribution is 8.02. The van der Waals surface area contributed by atoms with Gasteiger partial charge in [-0.2, -0.15) is 5.26 Å². The molecule has 0 fully saturated rings. The normalized spacial score (nSPS) is 15.5. The fourth-order valence-corrected chi connectivity index (χ4v) is 5.22. The molecule has 2 N–H and O–H groups in total. The van der Waals surface area contributed by atoms with E-state index in [2.05, 4.69) is 16.7 Å². The van der Waals surface area contributed by atoms with E-state index >= 15 is 0 Å². The zero-order valence-electron chi connectivity index (χ0n) is 18.3. The molecule has 0 bridgehead atoms. The van der Waals surface area contributed by atoms with E-state index in [1.54, 1.807) is 6.07 Å². The number of benzene rings is 3. The molecule has 3 aromatic rings. The van der Waals surface area contributed by atoms with Crippen LogP contribution in [0.5, 0.6) is 0 Å². The molecule has 4 nitrogen and oxygen atoms in total. The Kier molecular flexibility index (Phi) is 7.64. The van der Waals surface area contributed by atoms with Gasteiger partial charge in [-0.05, 0) is 48.4 Å². The molecule has 0 aliphatic carbocycles. The Balaban J connectivity index is 1.73. The molecule has 0 saturated carbocycles. The van der Waals surface area contributed by atoms with Crippen LogP contribution >= 0.6 is 35.0 Å². The lowest BCUT2D eigenvalue weighted by Gasteiger charge is -2.30. The molecular weight excluding hydrogens is 485 g/mol. The monoisotopic (exact) mass is 505 g/mol. The second-order valence-corrected chi connectivity index (χ2v) is 9.54. The zero-order valence-corrected chi connectivity index (χ0v) is 20.6. The van der Waals surface area contributed by atoms with E-state index in [4.69, 9.17) is 23.2 Å². The fourth-order valence-electron chi connectivity index (χ4n) is 3.80. The standard InChI is InChI=1S/C27H21Cl2N3OS/c1-17-24(26(33)32-20-7-3-2-4-8-20)25(21-9-5-6-10-23(21)29)22(15-30)27(31-17)34-16-18-11-13-19(28)14-12-18/h2-14,25,31H,16H2,1H3,(H,32,33)/t25-/m0/s1. The summed E-state index contributed by atoms with van der Waals surface area (Å²) >= 11 is 14.1. The SMILES string of the molecule is CC1=C(C(=O)Nc2ccccc2)[C@@H](c2ccccc2Cl)C(C#N)=C(SCc2ccc(Cl)cc2)N1. The van der Waals surface area contributed by atoms with Crippen LogP contribution < -0.4 is 10.6 Å². The number of hydrogen-bond donors (Lipinski definition) is 2. The van der Waals surface area contributed by atoms with Crippen molar-refractivity contribution in [3.63, 3.8) is 0 Å². The highest BCUT2D eigenvalue weighted by Gasteiger charge is 2.35. The quantitative estimate of drug-likeness (QED) is 0.369. The maximum atomic E-state index is 13.4. The smallest absolute Gasteiger partial charge is 0.254 e. The molecule has 0 saturated heterocycles. The third-order valence-corrected chi connectivity index (χ3v) is 7.12. The third-order valence-electron chi connectivity index (χ3n) is 5.44. The second-order valence-electron chi connectivity index (χ2n) is 7.71. The minimum Gasteiger partial charge on any atom is -0.353 e. The molecule has 1 heterocycles. The number of rotatable bonds is 6. The molecule has 1 amide bonds. The number of carbonyl (C=O) groups excluding carboxylic acids is 1. The van der Waals surface area contributed by atoms with Gasteiger partial charge in [0, 0.05) is 32.8 Å². The minimum absolute atomic E-state index is 0.282.